The van der Waals surface area contributed by atoms with Crippen molar-refractivity contribution in [1.82, 2.24) is 0 Å². The summed E-state index contributed by atoms with van der Waals surface area (Å²) in [5.74, 6) is -3.50. The summed E-state index contributed by atoms with van der Waals surface area (Å²) in [5, 5.41) is 13.9. The molecule has 1 atom stereocenters. The minimum atomic E-state index is -4.84. The number of carboxylic acid groups (broad SMARTS) is 2. The molecular formula is C18H35KO8S. The van der Waals surface area contributed by atoms with E-state index in [1.807, 2.05) is 0 Å². The molecule has 0 radical (unpaired) electrons. The van der Waals surface area contributed by atoms with E-state index in [2.05, 4.69) is 13.8 Å². The standard InChI is InChI=1S/C14H29O.C4H6O7S.K/c1-3-5-6-7-8-9-10-11-12-13-14-15-4-2;5-3(6)1-2(4(7)8)12(9,10)11;/h2-14H2,1H3;2H,1H2,(H,5,6)(H,7,8)(H,9,10,11);/q-1;;+1. The Labute approximate surface area is 212 Å². The number of hydrogen-bond donors (Lipinski definition) is 3. The molecule has 0 aliphatic carbocycles. The molecule has 0 heterocycles. The van der Waals surface area contributed by atoms with E-state index in [0.717, 1.165) is 6.61 Å². The van der Waals surface area contributed by atoms with Gasteiger partial charge in [-0.25, -0.2) is 0 Å². The predicted octanol–water partition coefficient (Wildman–Crippen LogP) is 0.564. The molecular weight excluding hydrogens is 415 g/mol. The fourth-order valence-electron chi connectivity index (χ4n) is 2.27. The molecule has 0 amide bonds. The van der Waals surface area contributed by atoms with Crippen LogP contribution >= 0.6 is 0 Å². The zero-order valence-corrected chi connectivity index (χ0v) is 21.2. The molecule has 0 aliphatic rings. The van der Waals surface area contributed by atoms with Gasteiger partial charge in [-0.2, -0.15) is 8.42 Å². The van der Waals surface area contributed by atoms with E-state index in [9.17, 15) is 18.0 Å². The Kier molecular flexibility index (Phi) is 26.2. The summed E-state index contributed by atoms with van der Waals surface area (Å²) in [6.07, 6.45) is 12.7. The SMILES string of the molecule is O=C(O)CC(C(=O)O)S(=O)(=O)O.[CH2-]COCCCCCCCCCCCC.[K+]. The van der Waals surface area contributed by atoms with E-state index in [4.69, 9.17) is 19.5 Å². The molecule has 0 saturated carbocycles. The summed E-state index contributed by atoms with van der Waals surface area (Å²) in [6, 6.07) is 0. The maximum absolute atomic E-state index is 10.2. The molecule has 162 valence electrons. The van der Waals surface area contributed by atoms with Crippen molar-refractivity contribution < 1.29 is 88.9 Å². The van der Waals surface area contributed by atoms with Gasteiger partial charge in [0, 0.05) is 6.61 Å². The zero-order chi connectivity index (χ0) is 21.1. The van der Waals surface area contributed by atoms with Crippen molar-refractivity contribution in [2.24, 2.45) is 0 Å². The molecule has 0 aromatic heterocycles. The minimum absolute atomic E-state index is 0. The molecule has 0 bridgehead atoms. The van der Waals surface area contributed by atoms with Crippen LogP contribution in [-0.4, -0.2) is 53.6 Å². The van der Waals surface area contributed by atoms with Crippen molar-refractivity contribution in [2.75, 3.05) is 13.2 Å². The zero-order valence-electron chi connectivity index (χ0n) is 17.3. The van der Waals surface area contributed by atoms with Gasteiger partial charge < -0.3 is 21.9 Å². The van der Waals surface area contributed by atoms with E-state index in [1.165, 1.54) is 64.2 Å². The molecule has 1 unspecified atom stereocenters. The van der Waals surface area contributed by atoms with Crippen LogP contribution in [0.5, 0.6) is 0 Å². The van der Waals surface area contributed by atoms with E-state index in [-0.39, 0.29) is 51.4 Å². The summed E-state index contributed by atoms with van der Waals surface area (Å²) in [4.78, 5) is 20.0. The third-order valence-electron chi connectivity index (χ3n) is 3.78. The van der Waals surface area contributed by atoms with Crippen molar-refractivity contribution in [2.45, 2.75) is 82.8 Å². The molecule has 0 fully saturated rings. The van der Waals surface area contributed by atoms with Crippen LogP contribution in [0, 0.1) is 6.92 Å². The minimum Gasteiger partial charge on any atom is -0.481 e. The molecule has 8 nitrogen and oxygen atoms in total. The van der Waals surface area contributed by atoms with Crippen molar-refractivity contribution in [1.29, 1.82) is 0 Å². The van der Waals surface area contributed by atoms with Crippen LogP contribution in [0.2, 0.25) is 0 Å². The molecule has 3 N–H and O–H groups in total. The third kappa shape index (κ3) is 24.5. The Morgan fingerprint density at radius 2 is 1.36 bits per heavy atom. The van der Waals surface area contributed by atoms with Gasteiger partial charge in [-0.05, 0) is 6.42 Å². The van der Waals surface area contributed by atoms with Crippen LogP contribution < -0.4 is 51.4 Å². The second-order valence-electron chi connectivity index (χ2n) is 6.23. The number of unbranched alkanes of at least 4 members (excludes halogenated alkanes) is 9. The van der Waals surface area contributed by atoms with Gasteiger partial charge in [0.1, 0.15) is 0 Å². The second-order valence-corrected chi connectivity index (χ2v) is 7.83. The Hall–Kier alpha value is 0.446. The van der Waals surface area contributed by atoms with Gasteiger partial charge in [0.05, 0.1) is 6.42 Å². The first kappa shape index (κ1) is 33.1. The first-order valence-electron chi connectivity index (χ1n) is 9.44. The maximum Gasteiger partial charge on any atom is 1.00 e. The van der Waals surface area contributed by atoms with Crippen LogP contribution in [0.3, 0.4) is 0 Å². The van der Waals surface area contributed by atoms with Gasteiger partial charge >= 0.3 is 63.3 Å². The van der Waals surface area contributed by atoms with Crippen LogP contribution in [0.25, 0.3) is 0 Å². The van der Waals surface area contributed by atoms with Crippen LogP contribution in [-0.2, 0) is 24.4 Å². The van der Waals surface area contributed by atoms with E-state index < -0.39 is 33.7 Å². The smallest absolute Gasteiger partial charge is 0.481 e. The van der Waals surface area contributed by atoms with Gasteiger partial charge in [-0.3, -0.25) is 14.1 Å². The summed E-state index contributed by atoms with van der Waals surface area (Å²) >= 11 is 0. The second kappa shape index (κ2) is 22.1. The quantitative estimate of drug-likeness (QED) is 0.134. The Morgan fingerprint density at radius 3 is 1.64 bits per heavy atom. The first-order chi connectivity index (χ1) is 12.7. The Bertz CT molecular complexity index is 470. The van der Waals surface area contributed by atoms with Crippen molar-refractivity contribution >= 4 is 22.1 Å². The Balaban J connectivity index is -0.000000441. The largest absolute Gasteiger partial charge is 1.00 e. The molecule has 0 aromatic carbocycles. The Morgan fingerprint density at radius 1 is 0.929 bits per heavy atom. The topological polar surface area (TPSA) is 138 Å². The molecule has 28 heavy (non-hydrogen) atoms. The summed E-state index contributed by atoms with van der Waals surface area (Å²) in [6.45, 7) is 7.44. The number of aliphatic carboxylic acids is 2. The third-order valence-corrected chi connectivity index (χ3v) is 4.87. The fraction of sp³-hybridized carbons (Fsp3) is 0.833. The monoisotopic (exact) mass is 450 g/mol. The average molecular weight is 451 g/mol. The van der Waals surface area contributed by atoms with Gasteiger partial charge in [-0.15, -0.1) is 0 Å². The fourth-order valence-corrected chi connectivity index (χ4v) is 2.88. The van der Waals surface area contributed by atoms with Crippen LogP contribution in [0.1, 0.15) is 77.6 Å². The summed E-state index contributed by atoms with van der Waals surface area (Å²) < 4.78 is 33.9. The van der Waals surface area contributed by atoms with Gasteiger partial charge in [0.15, 0.2) is 5.25 Å². The molecule has 0 saturated heterocycles. The number of carbonyl (C=O) groups is 2. The first-order valence-corrected chi connectivity index (χ1v) is 10.9. The van der Waals surface area contributed by atoms with Crippen molar-refractivity contribution in [3.8, 4) is 0 Å². The summed E-state index contributed by atoms with van der Waals surface area (Å²) in [7, 11) is -4.84. The van der Waals surface area contributed by atoms with E-state index in [1.54, 1.807) is 0 Å². The molecule has 0 aliphatic heterocycles. The van der Waals surface area contributed by atoms with Gasteiger partial charge in [0.25, 0.3) is 10.1 Å². The van der Waals surface area contributed by atoms with E-state index >= 15 is 0 Å². The predicted molar refractivity (Wildman–Crippen MR) is 103 cm³/mol. The molecule has 10 heteroatoms. The number of hydrogen-bond acceptors (Lipinski definition) is 5. The van der Waals surface area contributed by atoms with Crippen LogP contribution in [0.15, 0.2) is 0 Å². The molecule has 0 rings (SSSR count). The number of rotatable bonds is 16. The van der Waals surface area contributed by atoms with Gasteiger partial charge in [0.2, 0.25) is 0 Å². The number of carboxylic acids is 2. The van der Waals surface area contributed by atoms with E-state index in [0.29, 0.717) is 6.61 Å². The number of ether oxygens (including phenoxy) is 1. The van der Waals surface area contributed by atoms with Crippen molar-refractivity contribution in [3.05, 3.63) is 6.92 Å². The normalized spacial score (nSPS) is 11.7. The van der Waals surface area contributed by atoms with Crippen molar-refractivity contribution in [3.63, 3.8) is 0 Å². The van der Waals surface area contributed by atoms with Gasteiger partial charge in [-0.1, -0.05) is 71.3 Å². The maximum atomic E-state index is 10.2. The molecule has 0 aromatic rings. The average Bonchev–Trinajstić information content (AvgIpc) is 2.57. The summed E-state index contributed by atoms with van der Waals surface area (Å²) in [5.41, 5.74) is 0. The van der Waals surface area contributed by atoms with Crippen LogP contribution in [0.4, 0.5) is 0 Å². The molecule has 0 spiro atoms.